The first kappa shape index (κ1) is 30.4. The monoisotopic (exact) mass is 567 g/mol. The first-order valence-electron chi connectivity index (χ1n) is 13.6. The second kappa shape index (κ2) is 13.8. The Morgan fingerprint density at radius 3 is 1.93 bits per heavy atom. The Morgan fingerprint density at radius 1 is 0.762 bits per heavy atom. The van der Waals surface area contributed by atoms with Gasteiger partial charge in [0.15, 0.2) is 0 Å². The minimum absolute atomic E-state index is 0.0993. The molecule has 0 atom stereocenters. The molecule has 0 radical (unpaired) electrons. The van der Waals surface area contributed by atoms with E-state index in [-0.39, 0.29) is 31.1 Å². The highest BCUT2D eigenvalue weighted by molar-refractivity contribution is 6.58. The van der Waals surface area contributed by atoms with Gasteiger partial charge in [0.2, 0.25) is 0 Å². The maximum Gasteiger partial charge on any atom is 0.488 e. The van der Waals surface area contributed by atoms with E-state index in [1.54, 1.807) is 63.2 Å². The van der Waals surface area contributed by atoms with Gasteiger partial charge in [0.25, 0.3) is 0 Å². The van der Waals surface area contributed by atoms with Crippen LogP contribution in [0.3, 0.4) is 0 Å². The number of esters is 1. The van der Waals surface area contributed by atoms with Crippen molar-refractivity contribution < 1.29 is 33.8 Å². The fourth-order valence-corrected chi connectivity index (χ4v) is 4.06. The fraction of sp³-hybridized carbons (Fsp3) is 0.212. The number of amides is 1. The van der Waals surface area contributed by atoms with Crippen molar-refractivity contribution in [3.8, 4) is 5.75 Å². The minimum Gasteiger partial charge on any atom is -0.488 e. The molecule has 42 heavy (non-hydrogen) atoms. The Balaban J connectivity index is 1.66. The number of benzene rings is 4. The van der Waals surface area contributed by atoms with Crippen molar-refractivity contribution in [2.24, 2.45) is 0 Å². The molecule has 0 aromatic heterocycles. The normalized spacial score (nSPS) is 11.0. The molecule has 4 rings (SSSR count). The Kier molecular flexibility index (Phi) is 10.0. The molecule has 0 aliphatic carbocycles. The van der Waals surface area contributed by atoms with Crippen molar-refractivity contribution in [2.45, 2.75) is 46.1 Å². The van der Waals surface area contributed by atoms with Gasteiger partial charge in [-0.05, 0) is 55.1 Å². The second-order valence-electron chi connectivity index (χ2n) is 10.7. The van der Waals surface area contributed by atoms with Gasteiger partial charge < -0.3 is 24.3 Å². The highest BCUT2D eigenvalue weighted by Crippen LogP contribution is 2.30. The zero-order valence-corrected chi connectivity index (χ0v) is 23.9. The van der Waals surface area contributed by atoms with Gasteiger partial charge in [0.1, 0.15) is 30.1 Å². The van der Waals surface area contributed by atoms with Crippen LogP contribution in [0.5, 0.6) is 5.75 Å². The summed E-state index contributed by atoms with van der Waals surface area (Å²) in [7, 11) is -1.60. The summed E-state index contributed by atoms with van der Waals surface area (Å²) >= 11 is 0. The predicted octanol–water partition coefficient (Wildman–Crippen LogP) is 5.24. The lowest BCUT2D eigenvalue weighted by molar-refractivity contribution is 0.0467. The van der Waals surface area contributed by atoms with Gasteiger partial charge in [0, 0.05) is 6.07 Å². The molecule has 8 nitrogen and oxygen atoms in total. The Labute approximate surface area is 246 Å². The Hall–Kier alpha value is -4.60. The molecule has 2 N–H and O–H groups in total. The largest absolute Gasteiger partial charge is 0.488 e. The summed E-state index contributed by atoms with van der Waals surface area (Å²) in [4.78, 5) is 28.0. The summed E-state index contributed by atoms with van der Waals surface area (Å²) in [6.45, 7) is 5.75. The highest BCUT2D eigenvalue weighted by atomic mass is 16.6. The third-order valence-electron chi connectivity index (χ3n) is 6.18. The van der Waals surface area contributed by atoms with Gasteiger partial charge in [-0.15, -0.1) is 0 Å². The van der Waals surface area contributed by atoms with Crippen LogP contribution in [0.15, 0.2) is 103 Å². The van der Waals surface area contributed by atoms with E-state index in [9.17, 15) is 19.6 Å². The summed E-state index contributed by atoms with van der Waals surface area (Å²) < 4.78 is 17.4. The number of carbonyl (C=O) groups is 2. The van der Waals surface area contributed by atoms with Gasteiger partial charge in [-0.3, -0.25) is 4.90 Å². The lowest BCUT2D eigenvalue weighted by Gasteiger charge is -2.28. The molecule has 4 aromatic rings. The minimum atomic E-state index is -1.60. The summed E-state index contributed by atoms with van der Waals surface area (Å²) in [5, 5.41) is 18.9. The molecular weight excluding hydrogens is 533 g/mol. The molecule has 0 fully saturated rings. The van der Waals surface area contributed by atoms with Crippen LogP contribution in [0, 0.1) is 0 Å². The molecule has 0 saturated heterocycles. The molecule has 4 aromatic carbocycles. The molecule has 0 unspecified atom stereocenters. The van der Waals surface area contributed by atoms with Crippen LogP contribution in [0.2, 0.25) is 0 Å². The van der Waals surface area contributed by atoms with E-state index >= 15 is 0 Å². The number of hydrogen-bond acceptors (Lipinski definition) is 7. The van der Waals surface area contributed by atoms with E-state index in [0.29, 0.717) is 11.2 Å². The van der Waals surface area contributed by atoms with Crippen molar-refractivity contribution >= 4 is 30.3 Å². The standard InChI is InChI=1S/C33H34BNO7/c1-33(2,3)42-32(37)35(21-24-14-16-27(17-15-24)34(38)39)28-18-19-29(31(36)41-23-26-12-8-5-9-13-26)30(20-28)40-22-25-10-6-4-7-11-25/h4-20,38-39H,21-23H2,1-3H3. The van der Waals surface area contributed by atoms with Crippen LogP contribution in [0.1, 0.15) is 47.8 Å². The maximum absolute atomic E-state index is 13.4. The number of carbonyl (C=O) groups excluding carboxylic acids is 2. The van der Waals surface area contributed by atoms with Gasteiger partial charge in [-0.25, -0.2) is 9.59 Å². The smallest absolute Gasteiger partial charge is 0.488 e. The van der Waals surface area contributed by atoms with E-state index < -0.39 is 24.8 Å². The van der Waals surface area contributed by atoms with Crippen LogP contribution in [0.25, 0.3) is 0 Å². The molecule has 0 spiro atoms. The number of anilines is 1. The summed E-state index contributed by atoms with van der Waals surface area (Å²) in [6, 6.07) is 30.3. The third-order valence-corrected chi connectivity index (χ3v) is 6.18. The Bertz CT molecular complexity index is 1470. The summed E-state index contributed by atoms with van der Waals surface area (Å²) in [5.74, 6) is -0.308. The van der Waals surface area contributed by atoms with Gasteiger partial charge in [-0.2, -0.15) is 0 Å². The molecule has 0 aliphatic heterocycles. The van der Waals surface area contributed by atoms with E-state index in [0.717, 1.165) is 16.7 Å². The average molecular weight is 567 g/mol. The fourth-order valence-electron chi connectivity index (χ4n) is 4.06. The van der Waals surface area contributed by atoms with Crippen LogP contribution in [-0.2, 0) is 29.2 Å². The van der Waals surface area contributed by atoms with Crippen molar-refractivity contribution in [1.29, 1.82) is 0 Å². The van der Waals surface area contributed by atoms with E-state index in [4.69, 9.17) is 14.2 Å². The molecule has 0 bridgehead atoms. The van der Waals surface area contributed by atoms with Crippen molar-refractivity contribution in [1.82, 2.24) is 0 Å². The van der Waals surface area contributed by atoms with Crippen LogP contribution in [-0.4, -0.2) is 34.8 Å². The van der Waals surface area contributed by atoms with Crippen molar-refractivity contribution in [2.75, 3.05) is 4.90 Å². The first-order valence-corrected chi connectivity index (χ1v) is 13.6. The van der Waals surface area contributed by atoms with E-state index in [2.05, 4.69) is 0 Å². The lowest BCUT2D eigenvalue weighted by Crippen LogP contribution is -2.36. The van der Waals surface area contributed by atoms with Crippen LogP contribution >= 0.6 is 0 Å². The summed E-state index contributed by atoms with van der Waals surface area (Å²) in [5.41, 5.74) is 2.72. The zero-order valence-electron chi connectivity index (χ0n) is 23.9. The van der Waals surface area contributed by atoms with Gasteiger partial charge in [-0.1, -0.05) is 84.9 Å². The molecule has 0 aliphatic rings. The second-order valence-corrected chi connectivity index (χ2v) is 10.7. The lowest BCUT2D eigenvalue weighted by atomic mass is 9.80. The predicted molar refractivity (Wildman–Crippen MR) is 161 cm³/mol. The Morgan fingerprint density at radius 2 is 1.36 bits per heavy atom. The molecule has 1 amide bonds. The molecule has 0 saturated carbocycles. The third kappa shape index (κ3) is 8.70. The molecule has 0 heterocycles. The van der Waals surface area contributed by atoms with Gasteiger partial charge >= 0.3 is 19.2 Å². The molecular formula is C33H34BNO7. The number of rotatable bonds is 10. The van der Waals surface area contributed by atoms with Gasteiger partial charge in [0.05, 0.1) is 12.2 Å². The zero-order chi connectivity index (χ0) is 30.1. The first-order chi connectivity index (χ1) is 20.1. The van der Waals surface area contributed by atoms with E-state index in [1.807, 2.05) is 60.7 Å². The number of nitrogens with zero attached hydrogens (tertiary/aromatic N) is 1. The van der Waals surface area contributed by atoms with Crippen LogP contribution < -0.4 is 15.1 Å². The maximum atomic E-state index is 13.4. The highest BCUT2D eigenvalue weighted by Gasteiger charge is 2.26. The van der Waals surface area contributed by atoms with Crippen molar-refractivity contribution in [3.05, 3.63) is 125 Å². The summed E-state index contributed by atoms with van der Waals surface area (Å²) in [6.07, 6.45) is -0.595. The molecule has 216 valence electrons. The number of hydrogen-bond donors (Lipinski definition) is 2. The number of ether oxygens (including phenoxy) is 3. The average Bonchev–Trinajstić information content (AvgIpc) is 2.98. The van der Waals surface area contributed by atoms with E-state index in [1.165, 1.54) is 4.90 Å². The van der Waals surface area contributed by atoms with Crippen molar-refractivity contribution in [3.63, 3.8) is 0 Å². The van der Waals surface area contributed by atoms with Crippen LogP contribution in [0.4, 0.5) is 10.5 Å². The topological polar surface area (TPSA) is 106 Å². The SMILES string of the molecule is CC(C)(C)OC(=O)N(Cc1ccc(B(O)O)cc1)c1ccc(C(=O)OCc2ccccc2)c(OCc2ccccc2)c1. The molecule has 9 heteroatoms. The quantitative estimate of drug-likeness (QED) is 0.199.